The molecule has 0 aliphatic heterocycles. The molecule has 1 atom stereocenters. The van der Waals surface area contributed by atoms with Crippen LogP contribution in [-0.2, 0) is 6.61 Å². The minimum absolute atomic E-state index is 0.147. The smallest absolute Gasteiger partial charge is 0.165 e. The van der Waals surface area contributed by atoms with Gasteiger partial charge in [-0.25, -0.2) is 4.39 Å². The van der Waals surface area contributed by atoms with E-state index in [9.17, 15) is 4.39 Å². The molecule has 0 saturated heterocycles. The molecule has 0 heterocycles. The Labute approximate surface area is 127 Å². The van der Waals surface area contributed by atoms with Crippen LogP contribution in [0.3, 0.4) is 0 Å². The first-order chi connectivity index (χ1) is 9.47. The second kappa shape index (κ2) is 6.44. The zero-order valence-electron chi connectivity index (χ0n) is 10.9. The largest absolute Gasteiger partial charge is 0.486 e. The molecule has 2 N–H and O–H groups in total. The molecule has 0 saturated carbocycles. The lowest BCUT2D eigenvalue weighted by atomic mass is 10.1. The molecule has 2 aromatic carbocycles. The minimum Gasteiger partial charge on any atom is -0.486 e. The Bertz CT molecular complexity index is 617. The van der Waals surface area contributed by atoms with Gasteiger partial charge in [-0.2, -0.15) is 0 Å². The monoisotopic (exact) mass is 313 g/mol. The molecule has 0 fully saturated rings. The summed E-state index contributed by atoms with van der Waals surface area (Å²) in [5.74, 6) is -0.289. The van der Waals surface area contributed by atoms with E-state index in [1.807, 2.05) is 0 Å². The summed E-state index contributed by atoms with van der Waals surface area (Å²) >= 11 is 11.9. The van der Waals surface area contributed by atoms with Crippen molar-refractivity contribution in [2.24, 2.45) is 5.73 Å². The highest BCUT2D eigenvalue weighted by atomic mass is 35.5. The summed E-state index contributed by atoms with van der Waals surface area (Å²) in [5.41, 5.74) is 7.12. The Morgan fingerprint density at radius 3 is 2.60 bits per heavy atom. The molecule has 2 aromatic rings. The first-order valence-corrected chi connectivity index (χ1v) is 6.84. The molecule has 106 valence electrons. The number of nitrogens with two attached hydrogens (primary N) is 1. The van der Waals surface area contributed by atoms with Crippen LogP contribution in [0.4, 0.5) is 4.39 Å². The zero-order chi connectivity index (χ0) is 14.7. The van der Waals surface area contributed by atoms with Gasteiger partial charge in [0.15, 0.2) is 11.6 Å². The van der Waals surface area contributed by atoms with Gasteiger partial charge in [0.1, 0.15) is 6.61 Å². The first-order valence-electron chi connectivity index (χ1n) is 6.09. The lowest BCUT2D eigenvalue weighted by Gasteiger charge is -2.11. The Morgan fingerprint density at radius 1 is 1.20 bits per heavy atom. The van der Waals surface area contributed by atoms with Crippen LogP contribution < -0.4 is 10.5 Å². The molecule has 0 spiro atoms. The molecule has 0 aromatic heterocycles. The first kappa shape index (κ1) is 15.1. The Balaban J connectivity index is 2.13. The van der Waals surface area contributed by atoms with Gasteiger partial charge in [-0.1, -0.05) is 29.3 Å². The van der Waals surface area contributed by atoms with E-state index >= 15 is 0 Å². The molecule has 2 nitrogen and oxygen atoms in total. The summed E-state index contributed by atoms with van der Waals surface area (Å²) in [6.07, 6.45) is 0. The number of ether oxygens (including phenoxy) is 1. The highest BCUT2D eigenvalue weighted by Gasteiger charge is 2.09. The maximum atomic E-state index is 13.9. The third-order valence-corrected chi connectivity index (χ3v) is 3.48. The van der Waals surface area contributed by atoms with Crippen LogP contribution in [0.15, 0.2) is 36.4 Å². The number of hydrogen-bond donors (Lipinski definition) is 1. The van der Waals surface area contributed by atoms with Crippen molar-refractivity contribution in [2.75, 3.05) is 0 Å². The third-order valence-electron chi connectivity index (χ3n) is 2.87. The number of benzene rings is 2. The van der Waals surface area contributed by atoms with Crippen LogP contribution >= 0.6 is 23.2 Å². The summed E-state index contributed by atoms with van der Waals surface area (Å²) in [4.78, 5) is 0. The van der Waals surface area contributed by atoms with Gasteiger partial charge in [0, 0.05) is 21.7 Å². The van der Waals surface area contributed by atoms with E-state index in [4.69, 9.17) is 33.7 Å². The van der Waals surface area contributed by atoms with E-state index < -0.39 is 5.82 Å². The third kappa shape index (κ3) is 3.63. The van der Waals surface area contributed by atoms with Gasteiger partial charge in [-0.15, -0.1) is 0 Å². The molecule has 0 unspecified atom stereocenters. The summed E-state index contributed by atoms with van der Waals surface area (Å²) in [6, 6.07) is 9.51. The lowest BCUT2D eigenvalue weighted by molar-refractivity contribution is 0.290. The lowest BCUT2D eigenvalue weighted by Crippen LogP contribution is -2.06. The van der Waals surface area contributed by atoms with Crippen molar-refractivity contribution in [2.45, 2.75) is 19.6 Å². The van der Waals surface area contributed by atoms with Gasteiger partial charge < -0.3 is 10.5 Å². The average molecular weight is 314 g/mol. The Morgan fingerprint density at radius 2 is 1.95 bits per heavy atom. The number of halogens is 3. The predicted octanol–water partition coefficient (Wildman–Crippen LogP) is 4.73. The van der Waals surface area contributed by atoms with Crippen LogP contribution in [-0.4, -0.2) is 0 Å². The summed E-state index contributed by atoms with van der Waals surface area (Å²) in [5, 5.41) is 1.09. The number of hydrogen-bond acceptors (Lipinski definition) is 2. The van der Waals surface area contributed by atoms with E-state index in [1.165, 1.54) is 6.07 Å². The average Bonchev–Trinajstić information content (AvgIpc) is 2.40. The summed E-state index contributed by atoms with van der Waals surface area (Å²) in [7, 11) is 0. The molecular weight excluding hydrogens is 300 g/mol. The molecule has 20 heavy (non-hydrogen) atoms. The fraction of sp³-hybridized carbons (Fsp3) is 0.200. The molecule has 0 aliphatic carbocycles. The quantitative estimate of drug-likeness (QED) is 0.885. The molecule has 0 amide bonds. The number of rotatable bonds is 4. The van der Waals surface area contributed by atoms with Crippen molar-refractivity contribution in [3.05, 3.63) is 63.4 Å². The summed E-state index contributed by atoms with van der Waals surface area (Å²) < 4.78 is 19.3. The fourth-order valence-electron chi connectivity index (χ4n) is 1.73. The van der Waals surface area contributed by atoms with E-state index in [2.05, 4.69) is 0 Å². The van der Waals surface area contributed by atoms with Gasteiger partial charge in [0.2, 0.25) is 0 Å². The Kier molecular flexibility index (Phi) is 4.86. The second-order valence-electron chi connectivity index (χ2n) is 4.50. The van der Waals surface area contributed by atoms with Gasteiger partial charge in [-0.3, -0.25) is 0 Å². The van der Waals surface area contributed by atoms with Crippen molar-refractivity contribution in [3.8, 4) is 5.75 Å². The van der Waals surface area contributed by atoms with Gasteiger partial charge in [-0.05, 0) is 42.8 Å². The molecule has 2 rings (SSSR count). The summed E-state index contributed by atoms with van der Waals surface area (Å²) in [6.45, 7) is 1.94. The normalized spacial score (nSPS) is 12.2. The van der Waals surface area contributed by atoms with E-state index in [0.717, 1.165) is 5.56 Å². The highest BCUT2D eigenvalue weighted by molar-refractivity contribution is 6.33. The maximum Gasteiger partial charge on any atom is 0.165 e. The van der Waals surface area contributed by atoms with Crippen LogP contribution in [0.2, 0.25) is 10.0 Å². The van der Waals surface area contributed by atoms with Crippen molar-refractivity contribution in [3.63, 3.8) is 0 Å². The van der Waals surface area contributed by atoms with Gasteiger partial charge in [0.25, 0.3) is 0 Å². The van der Waals surface area contributed by atoms with Crippen molar-refractivity contribution in [1.29, 1.82) is 0 Å². The topological polar surface area (TPSA) is 35.2 Å². The van der Waals surface area contributed by atoms with Crippen molar-refractivity contribution in [1.82, 2.24) is 0 Å². The fourth-order valence-corrected chi connectivity index (χ4v) is 2.09. The zero-order valence-corrected chi connectivity index (χ0v) is 12.4. The van der Waals surface area contributed by atoms with Crippen LogP contribution in [0.5, 0.6) is 5.75 Å². The molecular formula is C15H14Cl2FNO. The SMILES string of the molecule is C[C@@H](N)c1ccc(OCc2cc(Cl)ccc2Cl)c(F)c1. The van der Waals surface area contributed by atoms with E-state index in [0.29, 0.717) is 15.6 Å². The maximum absolute atomic E-state index is 13.9. The molecule has 0 aliphatic rings. The van der Waals surface area contributed by atoms with Crippen LogP contribution in [0.25, 0.3) is 0 Å². The van der Waals surface area contributed by atoms with Crippen LogP contribution in [0.1, 0.15) is 24.1 Å². The van der Waals surface area contributed by atoms with Crippen LogP contribution in [0, 0.1) is 5.82 Å². The predicted molar refractivity (Wildman–Crippen MR) is 79.8 cm³/mol. The van der Waals surface area contributed by atoms with Crippen molar-refractivity contribution < 1.29 is 9.13 Å². The van der Waals surface area contributed by atoms with Gasteiger partial charge in [0.05, 0.1) is 0 Å². The Hall–Kier alpha value is -1.29. The minimum atomic E-state index is -0.446. The van der Waals surface area contributed by atoms with Gasteiger partial charge >= 0.3 is 0 Å². The standard InChI is InChI=1S/C15H14Cl2FNO/c1-9(19)10-2-5-15(14(18)7-10)20-8-11-6-12(16)3-4-13(11)17/h2-7,9H,8,19H2,1H3/t9-/m1/s1. The molecule has 0 bridgehead atoms. The second-order valence-corrected chi connectivity index (χ2v) is 5.35. The molecule has 5 heteroatoms. The highest BCUT2D eigenvalue weighted by Crippen LogP contribution is 2.25. The van der Waals surface area contributed by atoms with Crippen molar-refractivity contribution >= 4 is 23.2 Å². The van der Waals surface area contributed by atoms with E-state index in [1.54, 1.807) is 37.3 Å². The molecule has 0 radical (unpaired) electrons. The van der Waals surface area contributed by atoms with E-state index in [-0.39, 0.29) is 18.4 Å².